The molecule has 1 aromatic carbocycles. The Bertz CT molecular complexity index is 401. The van der Waals surface area contributed by atoms with Crippen LogP contribution in [0.1, 0.15) is 18.4 Å². The Hall–Kier alpha value is -1.30. The van der Waals surface area contributed by atoms with Crippen LogP contribution in [0.4, 0.5) is 5.69 Å². The van der Waals surface area contributed by atoms with Gasteiger partial charge in [0, 0.05) is 18.5 Å². The van der Waals surface area contributed by atoms with Gasteiger partial charge in [-0.1, -0.05) is 0 Å². The van der Waals surface area contributed by atoms with Crippen LogP contribution in [0.2, 0.25) is 0 Å². The normalized spacial score (nSPS) is 11.6. The van der Waals surface area contributed by atoms with Crippen molar-refractivity contribution in [2.45, 2.75) is 19.4 Å². The van der Waals surface area contributed by atoms with Gasteiger partial charge in [-0.05, 0) is 31.3 Å². The van der Waals surface area contributed by atoms with Crippen LogP contribution in [0.25, 0.3) is 0 Å². The number of rotatable bonds is 9. The Labute approximate surface area is 122 Å². The van der Waals surface area contributed by atoms with Crippen molar-refractivity contribution >= 4 is 5.69 Å². The second-order valence-electron chi connectivity index (χ2n) is 5.58. The van der Waals surface area contributed by atoms with Gasteiger partial charge in [0.15, 0.2) is 0 Å². The van der Waals surface area contributed by atoms with E-state index in [1.54, 1.807) is 7.11 Å². The lowest BCUT2D eigenvalue weighted by Crippen LogP contribution is -2.46. The zero-order valence-electron chi connectivity index (χ0n) is 12.8. The third-order valence-corrected chi connectivity index (χ3v) is 3.66. The maximum Gasteiger partial charge on any atom is 0.127 e. The summed E-state index contributed by atoms with van der Waals surface area (Å²) in [5.41, 5.74) is 19.1. The number of methoxy groups -OCH3 is 1. The number of benzene rings is 1. The summed E-state index contributed by atoms with van der Waals surface area (Å²) in [6.07, 6.45) is 2.01. The number of nitrogens with two attached hydrogens (primary N) is 3. The average Bonchev–Trinajstić information content (AvgIpc) is 2.43. The van der Waals surface area contributed by atoms with Crippen LogP contribution < -0.4 is 21.9 Å². The van der Waals surface area contributed by atoms with Crippen molar-refractivity contribution in [3.63, 3.8) is 0 Å². The highest BCUT2D eigenvalue weighted by molar-refractivity contribution is 5.47. The topological polar surface area (TPSA) is 87.3 Å². The van der Waals surface area contributed by atoms with Crippen molar-refractivity contribution in [3.05, 3.63) is 23.8 Å². The Morgan fingerprint density at radius 3 is 2.20 bits per heavy atom. The van der Waals surface area contributed by atoms with Crippen molar-refractivity contribution in [1.82, 2.24) is 0 Å². The maximum atomic E-state index is 5.90. The van der Waals surface area contributed by atoms with Gasteiger partial charge in [-0.25, -0.2) is 0 Å². The van der Waals surface area contributed by atoms with E-state index in [2.05, 4.69) is 7.05 Å². The van der Waals surface area contributed by atoms with Gasteiger partial charge in [0.25, 0.3) is 0 Å². The van der Waals surface area contributed by atoms with E-state index in [9.17, 15) is 0 Å². The van der Waals surface area contributed by atoms with E-state index in [4.69, 9.17) is 21.9 Å². The van der Waals surface area contributed by atoms with E-state index in [0.717, 1.165) is 54.0 Å². The van der Waals surface area contributed by atoms with Gasteiger partial charge >= 0.3 is 0 Å². The molecule has 0 aliphatic rings. The quantitative estimate of drug-likeness (QED) is 0.464. The van der Waals surface area contributed by atoms with Gasteiger partial charge in [-0.15, -0.1) is 0 Å². The number of anilines is 1. The fraction of sp³-hybridized carbons (Fsp3) is 0.600. The number of nitrogen functional groups attached to an aromatic ring is 1. The van der Waals surface area contributed by atoms with Crippen LogP contribution in [-0.2, 0) is 6.54 Å². The Morgan fingerprint density at radius 1 is 1.10 bits per heavy atom. The molecule has 0 radical (unpaired) electrons. The molecule has 1 aromatic rings. The number of quaternary nitrogens is 1. The molecule has 0 spiro atoms. The first-order valence-electron chi connectivity index (χ1n) is 7.21. The van der Waals surface area contributed by atoms with E-state index >= 15 is 0 Å². The minimum absolute atomic E-state index is 0.713. The van der Waals surface area contributed by atoms with Crippen molar-refractivity contribution < 1.29 is 9.22 Å². The standard InChI is InChI=1S/C15H29N4O/c1-19(9-3-7-16,10-4-8-17)12-13-11-14(18)5-6-15(13)20-2/h5-6,11H,3-4,7-10,12,16-18H2,1-2H3/q+1. The molecule has 5 heteroatoms. The minimum Gasteiger partial charge on any atom is -0.496 e. The van der Waals surface area contributed by atoms with Crippen LogP contribution in [0.3, 0.4) is 0 Å². The molecule has 0 aliphatic heterocycles. The van der Waals surface area contributed by atoms with Gasteiger partial charge in [0.1, 0.15) is 12.3 Å². The van der Waals surface area contributed by atoms with Crippen LogP contribution in [0.15, 0.2) is 18.2 Å². The molecule has 0 amide bonds. The third-order valence-electron chi connectivity index (χ3n) is 3.66. The highest BCUT2D eigenvalue weighted by Crippen LogP contribution is 2.25. The van der Waals surface area contributed by atoms with Crippen LogP contribution in [0, 0.1) is 0 Å². The Kier molecular flexibility index (Phi) is 6.78. The summed E-state index contributed by atoms with van der Waals surface area (Å²) in [5, 5.41) is 0. The summed E-state index contributed by atoms with van der Waals surface area (Å²) >= 11 is 0. The molecule has 0 saturated carbocycles. The summed E-state index contributed by atoms with van der Waals surface area (Å²) in [4.78, 5) is 0. The van der Waals surface area contributed by atoms with Gasteiger partial charge in [0.2, 0.25) is 0 Å². The molecule has 114 valence electrons. The van der Waals surface area contributed by atoms with E-state index < -0.39 is 0 Å². The monoisotopic (exact) mass is 281 g/mol. The molecular formula is C15H29N4O+. The highest BCUT2D eigenvalue weighted by Gasteiger charge is 2.23. The lowest BCUT2D eigenvalue weighted by molar-refractivity contribution is -0.922. The van der Waals surface area contributed by atoms with Crippen molar-refractivity contribution in [3.8, 4) is 5.75 Å². The summed E-state index contributed by atoms with van der Waals surface area (Å²) in [5.74, 6) is 0.893. The lowest BCUT2D eigenvalue weighted by atomic mass is 10.1. The number of hydrogen-bond donors (Lipinski definition) is 3. The summed E-state index contributed by atoms with van der Waals surface area (Å²) in [6.45, 7) is 4.38. The van der Waals surface area contributed by atoms with E-state index in [1.165, 1.54) is 0 Å². The van der Waals surface area contributed by atoms with E-state index in [0.29, 0.717) is 13.1 Å². The number of nitrogens with zero attached hydrogens (tertiary/aromatic N) is 1. The largest absolute Gasteiger partial charge is 0.496 e. The van der Waals surface area contributed by atoms with Gasteiger partial charge in [-0.2, -0.15) is 0 Å². The second kappa shape index (κ2) is 8.09. The number of hydrogen-bond acceptors (Lipinski definition) is 4. The average molecular weight is 281 g/mol. The predicted molar refractivity (Wildman–Crippen MR) is 84.4 cm³/mol. The zero-order chi connectivity index (χ0) is 15.0. The van der Waals surface area contributed by atoms with Crippen molar-refractivity contribution in [2.75, 3.05) is 46.1 Å². The van der Waals surface area contributed by atoms with Crippen LogP contribution in [-0.4, -0.2) is 44.8 Å². The first-order chi connectivity index (χ1) is 9.54. The van der Waals surface area contributed by atoms with Gasteiger partial charge in [0.05, 0.1) is 32.8 Å². The molecular weight excluding hydrogens is 252 g/mol. The Morgan fingerprint density at radius 2 is 1.70 bits per heavy atom. The summed E-state index contributed by atoms with van der Waals surface area (Å²) in [7, 11) is 3.94. The van der Waals surface area contributed by atoms with E-state index in [-0.39, 0.29) is 0 Å². The molecule has 0 bridgehead atoms. The van der Waals surface area contributed by atoms with Gasteiger partial charge < -0.3 is 26.4 Å². The highest BCUT2D eigenvalue weighted by atomic mass is 16.5. The molecule has 0 aromatic heterocycles. The fourth-order valence-electron chi connectivity index (χ4n) is 2.55. The summed E-state index contributed by atoms with van der Waals surface area (Å²) in [6, 6.07) is 5.80. The van der Waals surface area contributed by atoms with Crippen molar-refractivity contribution in [1.29, 1.82) is 0 Å². The molecule has 0 atom stereocenters. The first-order valence-corrected chi connectivity index (χ1v) is 7.21. The third kappa shape index (κ3) is 5.00. The molecule has 0 aliphatic carbocycles. The molecule has 6 N–H and O–H groups in total. The molecule has 0 unspecified atom stereocenters. The fourth-order valence-corrected chi connectivity index (χ4v) is 2.55. The zero-order valence-corrected chi connectivity index (χ0v) is 12.8. The first kappa shape index (κ1) is 16.8. The van der Waals surface area contributed by atoms with Crippen LogP contribution >= 0.6 is 0 Å². The SMILES string of the molecule is COc1ccc(N)cc1C[N+](C)(CCCN)CCCN. The lowest BCUT2D eigenvalue weighted by Gasteiger charge is -2.35. The summed E-state index contributed by atoms with van der Waals surface area (Å²) < 4.78 is 6.35. The second-order valence-corrected chi connectivity index (χ2v) is 5.58. The van der Waals surface area contributed by atoms with Crippen molar-refractivity contribution in [2.24, 2.45) is 11.5 Å². The van der Waals surface area contributed by atoms with Gasteiger partial charge in [-0.3, -0.25) is 0 Å². The Balaban J connectivity index is 2.90. The molecule has 0 fully saturated rings. The predicted octanol–water partition coefficient (Wildman–Crippen LogP) is 0.922. The van der Waals surface area contributed by atoms with Crippen LogP contribution in [0.5, 0.6) is 5.75 Å². The van der Waals surface area contributed by atoms with E-state index in [1.807, 2.05) is 18.2 Å². The number of ether oxygens (including phenoxy) is 1. The molecule has 20 heavy (non-hydrogen) atoms. The molecule has 0 saturated heterocycles. The smallest absolute Gasteiger partial charge is 0.127 e. The molecule has 1 rings (SSSR count). The minimum atomic E-state index is 0.713. The maximum absolute atomic E-state index is 5.90. The molecule has 5 nitrogen and oxygen atoms in total. The molecule has 0 heterocycles.